The topological polar surface area (TPSA) is 78.4 Å². The van der Waals surface area contributed by atoms with Crippen molar-refractivity contribution in [2.24, 2.45) is 17.3 Å². The van der Waals surface area contributed by atoms with Gasteiger partial charge in [-0.2, -0.15) is 0 Å². The fourth-order valence-electron chi connectivity index (χ4n) is 4.27. The van der Waals surface area contributed by atoms with Crippen molar-refractivity contribution in [1.29, 1.82) is 0 Å². The predicted molar refractivity (Wildman–Crippen MR) is 74.2 cm³/mol. The predicted octanol–water partition coefficient (Wildman–Crippen LogP) is 1.14. The molecule has 0 radical (unpaired) electrons. The Labute approximate surface area is 119 Å². The molecule has 3 rings (SSSR count). The monoisotopic (exact) mass is 280 g/mol. The van der Waals surface area contributed by atoms with Gasteiger partial charge < -0.3 is 15.7 Å². The third-order valence-corrected chi connectivity index (χ3v) is 5.61. The van der Waals surface area contributed by atoms with Gasteiger partial charge in [-0.05, 0) is 49.5 Å². The fourth-order valence-corrected chi connectivity index (χ4v) is 4.27. The van der Waals surface area contributed by atoms with Crippen LogP contribution in [0, 0.1) is 17.3 Å². The smallest absolute Gasteiger partial charge is 0.303 e. The Morgan fingerprint density at radius 1 is 1.25 bits per heavy atom. The lowest BCUT2D eigenvalue weighted by molar-refractivity contribution is -0.142. The summed E-state index contributed by atoms with van der Waals surface area (Å²) in [5, 5.41) is 15.4. The Balaban J connectivity index is 1.53. The van der Waals surface area contributed by atoms with Crippen molar-refractivity contribution >= 4 is 11.9 Å². The third-order valence-electron chi connectivity index (χ3n) is 5.61. The van der Waals surface area contributed by atoms with E-state index in [1.165, 1.54) is 12.8 Å². The molecule has 0 bridgehead atoms. The Hall–Kier alpha value is -1.10. The molecule has 0 aromatic rings. The van der Waals surface area contributed by atoms with Gasteiger partial charge in [-0.3, -0.25) is 9.59 Å². The minimum atomic E-state index is -0.756. The van der Waals surface area contributed by atoms with E-state index in [1.807, 2.05) is 0 Å². The Kier molecular flexibility index (Phi) is 3.71. The second kappa shape index (κ2) is 5.35. The molecule has 112 valence electrons. The van der Waals surface area contributed by atoms with Crippen LogP contribution in [0.4, 0.5) is 0 Å². The number of fused-ring (bicyclic) bond motifs is 1. The summed E-state index contributed by atoms with van der Waals surface area (Å²) in [4.78, 5) is 23.3. The first-order chi connectivity index (χ1) is 9.60. The molecule has 1 heterocycles. The first-order valence-electron chi connectivity index (χ1n) is 7.83. The van der Waals surface area contributed by atoms with Gasteiger partial charge >= 0.3 is 5.97 Å². The molecular formula is C15H24N2O3. The van der Waals surface area contributed by atoms with Gasteiger partial charge in [-0.25, -0.2) is 0 Å². The number of nitrogens with one attached hydrogen (secondary N) is 2. The number of hydrogen-bond donors (Lipinski definition) is 3. The highest BCUT2D eigenvalue weighted by atomic mass is 16.4. The van der Waals surface area contributed by atoms with Gasteiger partial charge in [0, 0.05) is 6.54 Å². The molecule has 20 heavy (non-hydrogen) atoms. The highest BCUT2D eigenvalue weighted by Crippen LogP contribution is 2.43. The van der Waals surface area contributed by atoms with E-state index < -0.39 is 5.97 Å². The molecule has 3 fully saturated rings. The third kappa shape index (κ3) is 2.55. The van der Waals surface area contributed by atoms with E-state index in [-0.39, 0.29) is 23.8 Å². The molecule has 2 aliphatic carbocycles. The lowest BCUT2D eigenvalue weighted by Gasteiger charge is -2.41. The van der Waals surface area contributed by atoms with E-state index in [0.29, 0.717) is 18.4 Å². The molecule has 0 aromatic heterocycles. The molecule has 1 saturated heterocycles. The van der Waals surface area contributed by atoms with Gasteiger partial charge in [0.2, 0.25) is 5.91 Å². The maximum absolute atomic E-state index is 12.3. The molecule has 3 aliphatic rings. The number of carboxylic acids is 1. The lowest BCUT2D eigenvalue weighted by atomic mass is 9.66. The second-order valence-corrected chi connectivity index (χ2v) is 6.88. The Morgan fingerprint density at radius 3 is 2.70 bits per heavy atom. The van der Waals surface area contributed by atoms with E-state index in [9.17, 15) is 9.59 Å². The van der Waals surface area contributed by atoms with E-state index in [4.69, 9.17) is 5.11 Å². The molecule has 2 saturated carbocycles. The van der Waals surface area contributed by atoms with Crippen LogP contribution in [0.3, 0.4) is 0 Å². The van der Waals surface area contributed by atoms with Crippen LogP contribution in [0.5, 0.6) is 0 Å². The summed E-state index contributed by atoms with van der Waals surface area (Å²) in [5.74, 6) is 0.485. The Morgan fingerprint density at radius 2 is 2.05 bits per heavy atom. The number of aliphatic carboxylic acids is 1. The van der Waals surface area contributed by atoms with Gasteiger partial charge in [0.25, 0.3) is 0 Å². The van der Waals surface area contributed by atoms with Crippen molar-refractivity contribution in [1.82, 2.24) is 10.6 Å². The summed E-state index contributed by atoms with van der Waals surface area (Å²) >= 11 is 0. The lowest BCUT2D eigenvalue weighted by Crippen LogP contribution is -2.49. The zero-order chi connectivity index (χ0) is 14.2. The molecule has 1 amide bonds. The summed E-state index contributed by atoms with van der Waals surface area (Å²) in [6, 6.07) is -0.0514. The highest BCUT2D eigenvalue weighted by Gasteiger charge is 2.44. The van der Waals surface area contributed by atoms with Crippen LogP contribution in [0.1, 0.15) is 44.9 Å². The molecule has 3 atom stereocenters. The highest BCUT2D eigenvalue weighted by molar-refractivity contribution is 5.82. The molecular weight excluding hydrogens is 256 g/mol. The molecule has 3 N–H and O–H groups in total. The van der Waals surface area contributed by atoms with Crippen molar-refractivity contribution in [2.45, 2.75) is 51.0 Å². The summed E-state index contributed by atoms with van der Waals surface area (Å²) in [6.07, 6.45) is 6.73. The molecule has 5 heteroatoms. The summed E-state index contributed by atoms with van der Waals surface area (Å²) in [7, 11) is 0. The van der Waals surface area contributed by atoms with E-state index >= 15 is 0 Å². The maximum atomic E-state index is 12.3. The second-order valence-electron chi connectivity index (χ2n) is 6.88. The van der Waals surface area contributed by atoms with Crippen LogP contribution in [0.2, 0.25) is 0 Å². The van der Waals surface area contributed by atoms with Gasteiger partial charge in [-0.1, -0.05) is 12.8 Å². The van der Waals surface area contributed by atoms with Crippen LogP contribution in [-0.2, 0) is 9.59 Å². The van der Waals surface area contributed by atoms with Gasteiger partial charge in [0.1, 0.15) is 0 Å². The van der Waals surface area contributed by atoms with Crippen molar-refractivity contribution in [3.8, 4) is 0 Å². The minimum Gasteiger partial charge on any atom is -0.481 e. The van der Waals surface area contributed by atoms with Crippen molar-refractivity contribution < 1.29 is 14.7 Å². The number of carbonyl (C=O) groups excluding carboxylic acids is 1. The van der Waals surface area contributed by atoms with Crippen LogP contribution in [0.25, 0.3) is 0 Å². The fraction of sp³-hybridized carbons (Fsp3) is 0.867. The first kappa shape index (κ1) is 13.9. The normalized spacial score (nSPS) is 34.3. The van der Waals surface area contributed by atoms with Gasteiger partial charge in [0.05, 0.1) is 12.5 Å². The average molecular weight is 280 g/mol. The van der Waals surface area contributed by atoms with Crippen LogP contribution < -0.4 is 10.6 Å². The molecule has 1 aliphatic heterocycles. The number of carbonyl (C=O) groups is 2. The van der Waals surface area contributed by atoms with E-state index in [0.717, 1.165) is 32.2 Å². The molecule has 0 spiro atoms. The number of hydrogen-bond acceptors (Lipinski definition) is 3. The summed E-state index contributed by atoms with van der Waals surface area (Å²) in [6.45, 7) is 1.48. The number of rotatable bonds is 5. The standard InChI is InChI=1S/C15H24N2O3/c18-12(19)7-15(5-2-6-15)9-17-14(20)13-11-4-1-3-10(11)8-16-13/h10-11,13,16H,1-9H2,(H,17,20)(H,18,19). The Bertz CT molecular complexity index is 406. The van der Waals surface area contributed by atoms with Gasteiger partial charge in [-0.15, -0.1) is 0 Å². The maximum Gasteiger partial charge on any atom is 0.303 e. The zero-order valence-electron chi connectivity index (χ0n) is 11.9. The van der Waals surface area contributed by atoms with Crippen LogP contribution in [0.15, 0.2) is 0 Å². The zero-order valence-corrected chi connectivity index (χ0v) is 11.9. The molecule has 0 aromatic carbocycles. The van der Waals surface area contributed by atoms with Gasteiger partial charge in [0.15, 0.2) is 0 Å². The largest absolute Gasteiger partial charge is 0.481 e. The van der Waals surface area contributed by atoms with Crippen molar-refractivity contribution in [2.75, 3.05) is 13.1 Å². The summed E-state index contributed by atoms with van der Waals surface area (Å²) in [5.41, 5.74) is -0.185. The van der Waals surface area contributed by atoms with Crippen LogP contribution >= 0.6 is 0 Å². The minimum absolute atomic E-state index is 0.0514. The first-order valence-corrected chi connectivity index (χ1v) is 7.83. The van der Waals surface area contributed by atoms with Crippen LogP contribution in [-0.4, -0.2) is 36.1 Å². The quantitative estimate of drug-likeness (QED) is 0.705. The van der Waals surface area contributed by atoms with Crippen molar-refractivity contribution in [3.05, 3.63) is 0 Å². The molecule has 3 unspecified atom stereocenters. The summed E-state index contributed by atoms with van der Waals surface area (Å²) < 4.78 is 0. The number of amides is 1. The molecule has 5 nitrogen and oxygen atoms in total. The number of carboxylic acid groups (broad SMARTS) is 1. The SMILES string of the molecule is O=C(O)CC1(CNC(=O)C2NCC3CCCC32)CCC1. The van der Waals surface area contributed by atoms with Crippen molar-refractivity contribution in [3.63, 3.8) is 0 Å². The van der Waals surface area contributed by atoms with E-state index in [2.05, 4.69) is 10.6 Å². The van der Waals surface area contributed by atoms with E-state index in [1.54, 1.807) is 0 Å². The average Bonchev–Trinajstić information content (AvgIpc) is 2.93.